The summed E-state index contributed by atoms with van der Waals surface area (Å²) in [5.41, 5.74) is 2.71. The average molecular weight is 688 g/mol. The number of nitrogens with one attached hydrogen (secondary N) is 1. The topological polar surface area (TPSA) is 147 Å². The van der Waals surface area contributed by atoms with E-state index >= 15 is 0 Å². The predicted molar refractivity (Wildman–Crippen MR) is 181 cm³/mol. The number of nitrogens with zero attached hydrogens (tertiary/aromatic N) is 2. The summed E-state index contributed by atoms with van der Waals surface area (Å²) in [6.07, 6.45) is 6.53. The molecule has 2 fully saturated rings. The van der Waals surface area contributed by atoms with Crippen LogP contribution in [0.1, 0.15) is 43.7 Å². The number of carbonyl (C=O) groups is 3. The minimum absolute atomic E-state index is 0.0730. The fourth-order valence-electron chi connectivity index (χ4n) is 6.17. The normalized spacial score (nSPS) is 24.3. The first-order valence-corrected chi connectivity index (χ1v) is 16.8. The van der Waals surface area contributed by atoms with Gasteiger partial charge in [-0.1, -0.05) is 36.9 Å². The van der Waals surface area contributed by atoms with Crippen LogP contribution in [0.4, 0.5) is 0 Å². The Labute approximate surface area is 286 Å². The van der Waals surface area contributed by atoms with Gasteiger partial charge in [0.15, 0.2) is 0 Å². The number of benzene rings is 2. The van der Waals surface area contributed by atoms with Crippen LogP contribution in [0.3, 0.4) is 0 Å². The molecule has 12 nitrogen and oxygen atoms in total. The van der Waals surface area contributed by atoms with Crippen molar-refractivity contribution in [3.63, 3.8) is 0 Å². The van der Waals surface area contributed by atoms with Crippen LogP contribution in [0.25, 0.3) is 5.69 Å². The Morgan fingerprint density at radius 2 is 1.82 bits per heavy atom. The van der Waals surface area contributed by atoms with Crippen LogP contribution in [-0.4, -0.2) is 57.9 Å². The molecule has 1 amide bonds. The molecule has 0 radical (unpaired) electrons. The van der Waals surface area contributed by atoms with E-state index in [9.17, 15) is 24.0 Å². The van der Waals surface area contributed by atoms with Gasteiger partial charge in [0.2, 0.25) is 5.91 Å². The molecule has 0 bridgehead atoms. The van der Waals surface area contributed by atoms with E-state index in [0.29, 0.717) is 29.9 Å². The van der Waals surface area contributed by atoms with Crippen LogP contribution >= 0.6 is 11.5 Å². The van der Waals surface area contributed by atoms with Crippen molar-refractivity contribution in [1.82, 2.24) is 13.8 Å². The van der Waals surface area contributed by atoms with Gasteiger partial charge in [-0.2, -0.15) is 0 Å². The Hall–Kier alpha value is -5.01. The first-order chi connectivity index (χ1) is 23.5. The van der Waals surface area contributed by atoms with Crippen LogP contribution in [0.2, 0.25) is 0 Å². The zero-order chi connectivity index (χ0) is 34.7. The highest BCUT2D eigenvalue weighted by atomic mass is 32.1. The van der Waals surface area contributed by atoms with Crippen LogP contribution in [0.15, 0.2) is 94.1 Å². The molecule has 3 aromatic rings. The van der Waals surface area contributed by atoms with Gasteiger partial charge in [0.1, 0.15) is 24.6 Å². The van der Waals surface area contributed by atoms with E-state index in [1.165, 1.54) is 8.52 Å². The van der Waals surface area contributed by atoms with Gasteiger partial charge in [0, 0.05) is 41.7 Å². The molecular formula is C36H37N3O9S. The monoisotopic (exact) mass is 687 g/mol. The van der Waals surface area contributed by atoms with Crippen molar-refractivity contribution in [1.29, 1.82) is 0 Å². The number of fused-ring (bicyclic) bond motifs is 3. The lowest BCUT2D eigenvalue weighted by atomic mass is 9.84. The van der Waals surface area contributed by atoms with Crippen LogP contribution in [0, 0.1) is 5.92 Å². The van der Waals surface area contributed by atoms with E-state index in [1.807, 2.05) is 6.92 Å². The molecule has 0 spiro atoms. The van der Waals surface area contributed by atoms with Crippen molar-refractivity contribution in [2.75, 3.05) is 13.7 Å². The minimum atomic E-state index is -0.647. The van der Waals surface area contributed by atoms with Gasteiger partial charge in [0.25, 0.3) is 0 Å². The molecule has 2 aromatic carbocycles. The maximum absolute atomic E-state index is 12.9. The summed E-state index contributed by atoms with van der Waals surface area (Å²) < 4.78 is 24.6. The fourth-order valence-corrected chi connectivity index (χ4v) is 6.97. The molecule has 0 unspecified atom stereocenters. The van der Waals surface area contributed by atoms with E-state index in [-0.39, 0.29) is 54.3 Å². The average Bonchev–Trinajstić information content (AvgIpc) is 3.59. The molecule has 256 valence electrons. The second-order valence-electron chi connectivity index (χ2n) is 12.5. The summed E-state index contributed by atoms with van der Waals surface area (Å²) in [4.78, 5) is 62.1. The number of epoxide rings is 1. The third-order valence-corrected chi connectivity index (χ3v) is 10.1. The molecule has 4 atom stereocenters. The number of carbonyl (C=O) groups excluding carboxylic acids is 3. The minimum Gasteiger partial charge on any atom is -0.497 e. The molecule has 0 saturated carbocycles. The highest BCUT2D eigenvalue weighted by Gasteiger charge is 2.61. The molecule has 49 heavy (non-hydrogen) atoms. The predicted octanol–water partition coefficient (Wildman–Crippen LogP) is 3.59. The lowest BCUT2D eigenvalue weighted by Crippen LogP contribution is -2.29. The van der Waals surface area contributed by atoms with E-state index in [1.54, 1.807) is 55.6 Å². The van der Waals surface area contributed by atoms with E-state index in [4.69, 9.17) is 18.9 Å². The number of rotatable bonds is 10. The van der Waals surface area contributed by atoms with E-state index < -0.39 is 17.6 Å². The summed E-state index contributed by atoms with van der Waals surface area (Å²) in [5, 5.41) is 2.73. The molecule has 2 aliphatic heterocycles. The Morgan fingerprint density at radius 3 is 2.55 bits per heavy atom. The Morgan fingerprint density at radius 1 is 1.08 bits per heavy atom. The Balaban J connectivity index is 0.965. The zero-order valence-electron chi connectivity index (χ0n) is 27.2. The largest absolute Gasteiger partial charge is 0.497 e. The number of esters is 2. The van der Waals surface area contributed by atoms with Gasteiger partial charge in [0.05, 0.1) is 24.9 Å². The standard InChI is InChI=1S/C36H37N3O9S/c1-22-28-15-10-25(5-4-18-36(2)32(48-36)31(28)47-33(22)42)21-46-30(41)17-16-29(40)37-19-23-6-8-24(9-7-23)20-38-34(43)39(49-35(38)44)26-11-13-27(45-3)14-12-26/h5-9,11-14,16-17,28,31-32H,1,4,10,15,18-21H2,2-3H3,(H,37,40)/b17-16-,25-5+/t28-,31-,32-,36+/m0/s1. The van der Waals surface area contributed by atoms with E-state index in [2.05, 4.69) is 18.0 Å². The second-order valence-corrected chi connectivity index (χ2v) is 13.4. The third-order valence-electron chi connectivity index (χ3n) is 9.14. The zero-order valence-corrected chi connectivity index (χ0v) is 28.0. The quantitative estimate of drug-likeness (QED) is 0.146. The van der Waals surface area contributed by atoms with Crippen molar-refractivity contribution in [2.24, 2.45) is 5.92 Å². The molecule has 1 aliphatic carbocycles. The maximum Gasteiger partial charge on any atom is 0.346 e. The number of hydrogen-bond donors (Lipinski definition) is 1. The number of allylic oxidation sites excluding steroid dienone is 1. The van der Waals surface area contributed by atoms with Gasteiger partial charge in [-0.25, -0.2) is 22.9 Å². The summed E-state index contributed by atoms with van der Waals surface area (Å²) in [6.45, 7) is 6.32. The first-order valence-electron chi connectivity index (χ1n) is 16.0. The molecule has 1 N–H and O–H groups in total. The van der Waals surface area contributed by atoms with Gasteiger partial charge in [-0.3, -0.25) is 9.59 Å². The summed E-state index contributed by atoms with van der Waals surface area (Å²) >= 11 is 0.825. The molecule has 3 aliphatic rings. The van der Waals surface area contributed by atoms with Crippen LogP contribution in [-0.2, 0) is 41.7 Å². The van der Waals surface area contributed by atoms with Gasteiger partial charge in [-0.05, 0) is 73.6 Å². The number of hydrogen-bond acceptors (Lipinski definition) is 10. The molecule has 13 heteroatoms. The molecule has 2 saturated heterocycles. The van der Waals surface area contributed by atoms with Crippen molar-refractivity contribution >= 4 is 29.4 Å². The van der Waals surface area contributed by atoms with Gasteiger partial charge < -0.3 is 24.3 Å². The first kappa shape index (κ1) is 33.9. The SMILES string of the molecule is C=C1C(=O)O[C@H]2[C@H]1CC/C(COC(=O)/C=C\C(=O)NCc1ccc(Cn3c(=O)sn(-c4ccc(OC)cc4)c3=O)cc1)=C\CC[C@@]1(C)O[C@@H]21. The van der Waals surface area contributed by atoms with Crippen molar-refractivity contribution < 1.29 is 33.3 Å². The van der Waals surface area contributed by atoms with Gasteiger partial charge >= 0.3 is 22.5 Å². The number of aromatic nitrogens is 2. The fraction of sp³-hybridized carbons (Fsp3) is 0.361. The van der Waals surface area contributed by atoms with Crippen molar-refractivity contribution in [3.05, 3.63) is 116 Å². The Kier molecular flexibility index (Phi) is 9.84. The molecule has 3 heterocycles. The lowest BCUT2D eigenvalue weighted by molar-refractivity contribution is -0.140. The molecule has 1 aromatic heterocycles. The summed E-state index contributed by atoms with van der Waals surface area (Å²) in [5.74, 6) is -0.995. The number of methoxy groups -OCH3 is 1. The molecular weight excluding hydrogens is 650 g/mol. The third kappa shape index (κ3) is 7.68. The smallest absolute Gasteiger partial charge is 0.346 e. The van der Waals surface area contributed by atoms with E-state index in [0.717, 1.165) is 53.2 Å². The van der Waals surface area contributed by atoms with Gasteiger partial charge in [-0.15, -0.1) is 0 Å². The lowest BCUT2D eigenvalue weighted by Gasteiger charge is -2.20. The van der Waals surface area contributed by atoms with Crippen molar-refractivity contribution in [3.8, 4) is 11.4 Å². The Bertz CT molecular complexity index is 1940. The van der Waals surface area contributed by atoms with Crippen LogP contribution < -0.4 is 20.6 Å². The summed E-state index contributed by atoms with van der Waals surface area (Å²) in [7, 11) is 1.55. The van der Waals surface area contributed by atoms with Crippen molar-refractivity contribution in [2.45, 2.75) is 63.5 Å². The summed E-state index contributed by atoms with van der Waals surface area (Å²) in [6, 6.07) is 14.0. The van der Waals surface area contributed by atoms with Crippen LogP contribution in [0.5, 0.6) is 5.75 Å². The highest BCUT2D eigenvalue weighted by molar-refractivity contribution is 7.03. The highest BCUT2D eigenvalue weighted by Crippen LogP contribution is 2.49. The maximum atomic E-state index is 12.9. The number of ether oxygens (including phenoxy) is 4. The molecule has 6 rings (SSSR count). The second kappa shape index (κ2) is 14.2. The number of amides is 1.